The molecule has 2 amide bonds. The molecule has 98 valence electrons. The van der Waals surface area contributed by atoms with Gasteiger partial charge in [0, 0.05) is 5.69 Å². The van der Waals surface area contributed by atoms with E-state index in [1.165, 1.54) is 23.5 Å². The molecule has 1 aromatic rings. The first-order valence-electron chi connectivity index (χ1n) is 6.22. The summed E-state index contributed by atoms with van der Waals surface area (Å²) in [6.45, 7) is 2.34. The summed E-state index contributed by atoms with van der Waals surface area (Å²) < 4.78 is 13.2. The fourth-order valence-electron chi connectivity index (χ4n) is 2.22. The number of piperidine rings is 1. The monoisotopic (exact) mass is 251 g/mol. The lowest BCUT2D eigenvalue weighted by Gasteiger charge is -2.32. The number of primary amides is 1. The molecule has 0 saturated carbocycles. The molecule has 1 aliphatic heterocycles. The zero-order valence-electron chi connectivity index (χ0n) is 10.3. The molecule has 2 N–H and O–H groups in total. The quantitative estimate of drug-likeness (QED) is 0.895. The molecule has 1 fully saturated rings. The van der Waals surface area contributed by atoms with Gasteiger partial charge >= 0.3 is 6.03 Å². The minimum absolute atomic E-state index is 0.364. The van der Waals surface area contributed by atoms with Crippen molar-refractivity contribution in [1.82, 2.24) is 4.90 Å². The number of benzene rings is 1. The molecule has 0 unspecified atom stereocenters. The Morgan fingerprint density at radius 3 is 2.67 bits per heavy atom. The highest BCUT2D eigenvalue weighted by atomic mass is 19.1. The van der Waals surface area contributed by atoms with Gasteiger partial charge in [0.15, 0.2) is 0 Å². The predicted octanol–water partition coefficient (Wildman–Crippen LogP) is 2.15. The van der Waals surface area contributed by atoms with Crippen molar-refractivity contribution in [3.05, 3.63) is 30.1 Å². The largest absolute Gasteiger partial charge is 0.351 e. The fraction of sp³-hybridized carbons (Fsp3) is 0.462. The van der Waals surface area contributed by atoms with Crippen molar-refractivity contribution >= 4 is 11.7 Å². The molecule has 2 rings (SSSR count). The van der Waals surface area contributed by atoms with E-state index in [1.807, 2.05) is 0 Å². The Kier molecular flexibility index (Phi) is 4.15. The van der Waals surface area contributed by atoms with E-state index in [0.717, 1.165) is 25.9 Å². The van der Waals surface area contributed by atoms with Gasteiger partial charge in [0.2, 0.25) is 0 Å². The Bertz CT molecular complexity index is 418. The number of hydrogen-bond donors (Lipinski definition) is 1. The van der Waals surface area contributed by atoms with Crippen LogP contribution in [0.15, 0.2) is 24.3 Å². The maximum atomic E-state index is 13.2. The van der Waals surface area contributed by atoms with Crippen LogP contribution in [0.1, 0.15) is 19.3 Å². The first kappa shape index (κ1) is 12.8. The van der Waals surface area contributed by atoms with Crippen LogP contribution >= 0.6 is 0 Å². The number of amides is 2. The molecule has 1 aromatic carbocycles. The number of hydrogen-bond acceptors (Lipinski definition) is 2. The summed E-state index contributed by atoms with van der Waals surface area (Å²) in [5.74, 6) is -0.364. The summed E-state index contributed by atoms with van der Waals surface area (Å²) in [5.41, 5.74) is 5.88. The number of halogens is 1. The third-order valence-corrected chi connectivity index (χ3v) is 3.18. The highest BCUT2D eigenvalue weighted by Gasteiger charge is 2.18. The van der Waals surface area contributed by atoms with Crippen LogP contribution in [0.25, 0.3) is 0 Å². The summed E-state index contributed by atoms with van der Waals surface area (Å²) in [6, 6.07) is 5.40. The highest BCUT2D eigenvalue weighted by molar-refractivity contribution is 5.90. The summed E-state index contributed by atoms with van der Waals surface area (Å²) >= 11 is 0. The Hall–Kier alpha value is -1.62. The first-order chi connectivity index (χ1) is 8.66. The van der Waals surface area contributed by atoms with Crippen molar-refractivity contribution in [2.75, 3.05) is 24.7 Å². The van der Waals surface area contributed by atoms with Crippen molar-refractivity contribution in [3.8, 4) is 0 Å². The molecule has 0 spiro atoms. The van der Waals surface area contributed by atoms with E-state index in [2.05, 4.69) is 4.90 Å². The molecule has 4 nitrogen and oxygen atoms in total. The Morgan fingerprint density at radius 1 is 1.33 bits per heavy atom. The number of likely N-dealkylation sites (tertiary alicyclic amines) is 1. The maximum absolute atomic E-state index is 13.2. The van der Waals surface area contributed by atoms with Gasteiger partial charge in [-0.3, -0.25) is 9.80 Å². The van der Waals surface area contributed by atoms with Crippen LogP contribution in [0, 0.1) is 5.82 Å². The second kappa shape index (κ2) is 5.82. The number of nitrogens with two attached hydrogens (primary N) is 1. The van der Waals surface area contributed by atoms with Gasteiger partial charge in [-0.2, -0.15) is 0 Å². The normalized spacial score (nSPS) is 16.5. The molecular formula is C13H18FN3O. The Balaban J connectivity index is 2.10. The fourth-order valence-corrected chi connectivity index (χ4v) is 2.22. The van der Waals surface area contributed by atoms with Crippen molar-refractivity contribution in [1.29, 1.82) is 0 Å². The minimum Gasteiger partial charge on any atom is -0.351 e. The van der Waals surface area contributed by atoms with Crippen LogP contribution in [-0.2, 0) is 0 Å². The highest BCUT2D eigenvalue weighted by Crippen LogP contribution is 2.17. The second-order valence-electron chi connectivity index (χ2n) is 4.57. The minimum atomic E-state index is -0.550. The van der Waals surface area contributed by atoms with Crippen molar-refractivity contribution < 1.29 is 9.18 Å². The molecular weight excluding hydrogens is 233 g/mol. The Morgan fingerprint density at radius 2 is 2.06 bits per heavy atom. The lowest BCUT2D eigenvalue weighted by atomic mass is 10.1. The van der Waals surface area contributed by atoms with Crippen LogP contribution < -0.4 is 10.6 Å². The van der Waals surface area contributed by atoms with Gasteiger partial charge in [0.25, 0.3) is 0 Å². The van der Waals surface area contributed by atoms with Gasteiger partial charge < -0.3 is 5.73 Å². The van der Waals surface area contributed by atoms with Gasteiger partial charge in [-0.1, -0.05) is 12.5 Å². The predicted molar refractivity (Wildman–Crippen MR) is 68.8 cm³/mol. The molecule has 0 radical (unpaired) electrons. The van der Waals surface area contributed by atoms with Gasteiger partial charge in [0.1, 0.15) is 5.82 Å². The molecule has 5 heteroatoms. The molecule has 0 bridgehead atoms. The van der Waals surface area contributed by atoms with E-state index >= 15 is 0 Å². The smallest absolute Gasteiger partial charge is 0.320 e. The van der Waals surface area contributed by atoms with E-state index < -0.39 is 6.03 Å². The van der Waals surface area contributed by atoms with Crippen LogP contribution in [0.5, 0.6) is 0 Å². The van der Waals surface area contributed by atoms with E-state index in [9.17, 15) is 9.18 Å². The lowest BCUT2D eigenvalue weighted by molar-refractivity contribution is 0.219. The van der Waals surface area contributed by atoms with Gasteiger partial charge in [-0.25, -0.2) is 9.18 Å². The molecule has 1 heterocycles. The van der Waals surface area contributed by atoms with Crippen LogP contribution in [0.2, 0.25) is 0 Å². The van der Waals surface area contributed by atoms with Crippen molar-refractivity contribution in [2.45, 2.75) is 19.3 Å². The SMILES string of the molecule is NC(=O)N(CN1CCCCC1)c1cccc(F)c1. The third kappa shape index (κ3) is 3.20. The lowest BCUT2D eigenvalue weighted by Crippen LogP contribution is -2.46. The van der Waals surface area contributed by atoms with Crippen LogP contribution in [0.3, 0.4) is 0 Å². The number of carbonyl (C=O) groups is 1. The average Bonchev–Trinajstić information content (AvgIpc) is 2.37. The number of urea groups is 1. The summed E-state index contributed by atoms with van der Waals surface area (Å²) in [7, 11) is 0. The zero-order valence-corrected chi connectivity index (χ0v) is 10.3. The third-order valence-electron chi connectivity index (χ3n) is 3.18. The van der Waals surface area contributed by atoms with Crippen LogP contribution in [0.4, 0.5) is 14.9 Å². The molecule has 18 heavy (non-hydrogen) atoms. The summed E-state index contributed by atoms with van der Waals surface area (Å²) in [5, 5.41) is 0. The first-order valence-corrected chi connectivity index (χ1v) is 6.22. The summed E-state index contributed by atoms with van der Waals surface area (Å²) in [6.07, 6.45) is 3.50. The average molecular weight is 251 g/mol. The molecule has 0 aromatic heterocycles. The molecule has 0 aliphatic carbocycles. The standard InChI is InChI=1S/C13H18FN3O/c14-11-5-4-6-12(9-11)17(13(15)18)10-16-7-2-1-3-8-16/h4-6,9H,1-3,7-8,10H2,(H2,15,18). The summed E-state index contributed by atoms with van der Waals surface area (Å²) in [4.78, 5) is 15.1. The number of anilines is 1. The van der Waals surface area contributed by atoms with E-state index in [1.54, 1.807) is 12.1 Å². The van der Waals surface area contributed by atoms with Gasteiger partial charge in [-0.05, 0) is 44.1 Å². The molecule has 1 saturated heterocycles. The van der Waals surface area contributed by atoms with Gasteiger partial charge in [-0.15, -0.1) is 0 Å². The molecule has 1 aliphatic rings. The van der Waals surface area contributed by atoms with E-state index in [-0.39, 0.29) is 5.82 Å². The number of carbonyl (C=O) groups excluding carboxylic acids is 1. The van der Waals surface area contributed by atoms with Crippen molar-refractivity contribution in [2.24, 2.45) is 5.73 Å². The topological polar surface area (TPSA) is 49.6 Å². The molecule has 0 atom stereocenters. The second-order valence-corrected chi connectivity index (χ2v) is 4.57. The number of nitrogens with zero attached hydrogens (tertiary/aromatic N) is 2. The van der Waals surface area contributed by atoms with E-state index in [0.29, 0.717) is 12.4 Å². The maximum Gasteiger partial charge on any atom is 0.320 e. The Labute approximate surface area is 106 Å². The zero-order chi connectivity index (χ0) is 13.0. The number of rotatable bonds is 3. The van der Waals surface area contributed by atoms with Crippen LogP contribution in [-0.4, -0.2) is 30.7 Å². The van der Waals surface area contributed by atoms with Gasteiger partial charge in [0.05, 0.1) is 6.67 Å². The van der Waals surface area contributed by atoms with Crippen molar-refractivity contribution in [3.63, 3.8) is 0 Å². The van der Waals surface area contributed by atoms with E-state index in [4.69, 9.17) is 5.73 Å².